The Morgan fingerprint density at radius 3 is 2.50 bits per heavy atom. The minimum Gasteiger partial charge on any atom is -0.495 e. The van der Waals surface area contributed by atoms with Crippen LogP contribution in [0.15, 0.2) is 35.9 Å². The molecule has 0 radical (unpaired) electrons. The Kier molecular flexibility index (Phi) is 13.3. The molecule has 0 saturated carbocycles. The predicted octanol–water partition coefficient (Wildman–Crippen LogP) is 1.35. The Hall–Kier alpha value is -4.01. The molecule has 4 bridgehead atoms. The number of esters is 1. The van der Waals surface area contributed by atoms with Gasteiger partial charge in [0.05, 0.1) is 25.3 Å². The molecule has 0 spiro atoms. The first-order valence-corrected chi connectivity index (χ1v) is 18.5. The standard InChI is InChI=1S/C37H50ClN3O15/c1-7-27(43)55-25-14-26(42)41(33-31(46)30(45)29(44)23(53-33)16-52-34(39)47)20-12-19(13-21(50-5)28(20)38)11-17(2)9-8-10-24(51-6)37(49)15-22(54-35(48)40-37)18(3)32-36(25,4)56-32/h8-10,12-13,18,22-25,29-33,44-46,49H,7,11,14-16H2,1-6H3,(H2,39,47)(H,40,48)/b10-8-,17-9-/t18-,22+,23-,24-,25+,29-,30+,31-,32+,33-,36+,37+/m1/s1. The average Bonchev–Trinajstić information content (AvgIpc) is 3.84. The molecule has 3 fully saturated rings. The maximum atomic E-state index is 14.9. The van der Waals surface area contributed by atoms with E-state index in [0.717, 1.165) is 10.5 Å². The smallest absolute Gasteiger partial charge is 0.409 e. The van der Waals surface area contributed by atoms with Gasteiger partial charge in [-0.25, -0.2) is 9.59 Å². The second-order valence-corrected chi connectivity index (χ2v) is 15.0. The summed E-state index contributed by atoms with van der Waals surface area (Å²) < 4.78 is 39.7. The number of amides is 3. The third kappa shape index (κ3) is 8.92. The molecule has 0 aromatic heterocycles. The number of nitrogens with two attached hydrogens (primary N) is 1. The average molecular weight is 812 g/mol. The van der Waals surface area contributed by atoms with Crippen molar-refractivity contribution in [2.24, 2.45) is 11.7 Å². The highest BCUT2D eigenvalue weighted by molar-refractivity contribution is 6.35. The lowest BCUT2D eigenvalue weighted by atomic mass is 9.83. The number of carbonyl (C=O) groups is 4. The van der Waals surface area contributed by atoms with E-state index in [4.69, 9.17) is 50.5 Å². The van der Waals surface area contributed by atoms with Gasteiger partial charge in [0.2, 0.25) is 5.91 Å². The van der Waals surface area contributed by atoms with E-state index in [-0.39, 0.29) is 35.7 Å². The number of fused-ring (bicyclic) bond motifs is 5. The summed E-state index contributed by atoms with van der Waals surface area (Å²) in [6, 6.07) is 3.18. The molecule has 0 unspecified atom stereocenters. The van der Waals surface area contributed by atoms with Gasteiger partial charge in [0.1, 0.15) is 65.7 Å². The lowest BCUT2D eigenvalue weighted by molar-refractivity contribution is -0.228. The normalized spacial score (nSPS) is 37.8. The first kappa shape index (κ1) is 43.1. The molecular formula is C37H50ClN3O15. The molecule has 12 atom stereocenters. The number of epoxide rings is 1. The highest BCUT2D eigenvalue weighted by Gasteiger charge is 2.64. The molecule has 19 heteroatoms. The SMILES string of the molecule is CCC(=O)O[C@H]1CC(=O)N([C@@H]2O[C@H](COC(N)=O)[C@@H](O)[C@H](O)[C@H]2O)c2cc(cc(OC)c2Cl)C/C(C)=C\C=C/[C@@H](OC)[C@@]2(O)C[C@H](OC(=O)N2)[C@@H](C)[C@@H]2O[C@@]12C. The predicted molar refractivity (Wildman–Crippen MR) is 195 cm³/mol. The molecule has 1 aromatic carbocycles. The molecule has 56 heavy (non-hydrogen) atoms. The minimum absolute atomic E-state index is 0.0460. The molecule has 4 heterocycles. The molecule has 7 N–H and O–H groups in total. The summed E-state index contributed by atoms with van der Waals surface area (Å²) in [7, 11) is 2.75. The summed E-state index contributed by atoms with van der Waals surface area (Å²) in [6.45, 7) is 6.06. The molecule has 5 rings (SSSR count). The number of allylic oxidation sites excluding steroid dienone is 3. The number of rotatable bonds is 7. The molecule has 1 aromatic rings. The number of aliphatic hydroxyl groups excluding tert-OH is 3. The molecule has 3 amide bonds. The fourth-order valence-corrected chi connectivity index (χ4v) is 7.74. The third-order valence-electron chi connectivity index (χ3n) is 10.6. The fourth-order valence-electron chi connectivity index (χ4n) is 7.47. The maximum absolute atomic E-state index is 14.9. The van der Waals surface area contributed by atoms with Crippen molar-refractivity contribution < 1.29 is 72.8 Å². The number of carbonyl (C=O) groups excluding carboxylic acids is 4. The number of halogens is 1. The Bertz CT molecular complexity index is 1730. The van der Waals surface area contributed by atoms with Crippen LogP contribution in [0.1, 0.15) is 52.5 Å². The van der Waals surface area contributed by atoms with Gasteiger partial charge in [-0.1, -0.05) is 49.2 Å². The maximum Gasteiger partial charge on any atom is 0.409 e. The van der Waals surface area contributed by atoms with Gasteiger partial charge >= 0.3 is 18.2 Å². The highest BCUT2D eigenvalue weighted by atomic mass is 35.5. The zero-order valence-electron chi connectivity index (χ0n) is 31.9. The number of nitrogens with one attached hydrogen (secondary N) is 1. The van der Waals surface area contributed by atoms with Crippen LogP contribution in [0.4, 0.5) is 15.3 Å². The van der Waals surface area contributed by atoms with Crippen molar-refractivity contribution in [3.05, 3.63) is 46.5 Å². The number of primary amides is 1. The summed E-state index contributed by atoms with van der Waals surface area (Å²) in [6.07, 6.45) is -10.6. The van der Waals surface area contributed by atoms with Crippen LogP contribution in [0.3, 0.4) is 0 Å². The first-order valence-electron chi connectivity index (χ1n) is 18.1. The van der Waals surface area contributed by atoms with Crippen molar-refractivity contribution >= 4 is 41.4 Å². The molecule has 4 aliphatic rings. The van der Waals surface area contributed by atoms with Crippen molar-refractivity contribution in [2.75, 3.05) is 25.7 Å². The van der Waals surface area contributed by atoms with Gasteiger partial charge in [-0.2, -0.15) is 0 Å². The van der Waals surface area contributed by atoms with Crippen molar-refractivity contribution in [3.63, 3.8) is 0 Å². The van der Waals surface area contributed by atoms with Gasteiger partial charge in [0.15, 0.2) is 12.0 Å². The summed E-state index contributed by atoms with van der Waals surface area (Å²) in [4.78, 5) is 53.1. The topological polar surface area (TPSA) is 258 Å². The zero-order valence-corrected chi connectivity index (χ0v) is 32.6. The number of anilines is 1. The monoisotopic (exact) mass is 811 g/mol. The number of benzene rings is 1. The van der Waals surface area contributed by atoms with Crippen LogP contribution in [-0.2, 0) is 44.4 Å². The molecule has 18 nitrogen and oxygen atoms in total. The van der Waals surface area contributed by atoms with E-state index in [1.165, 1.54) is 14.2 Å². The summed E-state index contributed by atoms with van der Waals surface area (Å²) in [5.74, 6) is -2.02. The number of hydrogen-bond acceptors (Lipinski definition) is 15. The number of methoxy groups -OCH3 is 2. The summed E-state index contributed by atoms with van der Waals surface area (Å²) in [5.41, 5.74) is 3.17. The first-order chi connectivity index (χ1) is 26.4. The Labute approximate surface area is 328 Å². The van der Waals surface area contributed by atoms with Crippen LogP contribution in [0.5, 0.6) is 5.75 Å². The summed E-state index contributed by atoms with van der Waals surface area (Å²) >= 11 is 6.90. The van der Waals surface area contributed by atoms with Gasteiger partial charge in [-0.05, 0) is 38.0 Å². The largest absolute Gasteiger partial charge is 0.495 e. The van der Waals surface area contributed by atoms with Crippen molar-refractivity contribution in [2.45, 2.75) is 120 Å². The molecule has 3 saturated heterocycles. The van der Waals surface area contributed by atoms with Gasteiger partial charge in [0, 0.05) is 25.9 Å². The molecule has 310 valence electrons. The summed E-state index contributed by atoms with van der Waals surface area (Å²) in [5, 5.41) is 47.3. The van der Waals surface area contributed by atoms with Crippen molar-refractivity contribution in [3.8, 4) is 5.75 Å². The van der Waals surface area contributed by atoms with Crippen LogP contribution in [-0.4, -0.2) is 132 Å². The Morgan fingerprint density at radius 1 is 1.14 bits per heavy atom. The van der Waals surface area contributed by atoms with E-state index < -0.39 is 109 Å². The van der Waals surface area contributed by atoms with Crippen molar-refractivity contribution in [1.82, 2.24) is 5.32 Å². The van der Waals surface area contributed by atoms with E-state index in [0.29, 0.717) is 5.56 Å². The molecule has 0 aliphatic carbocycles. The van der Waals surface area contributed by atoms with Crippen LogP contribution in [0.25, 0.3) is 0 Å². The second-order valence-electron chi connectivity index (χ2n) is 14.6. The van der Waals surface area contributed by atoms with Crippen LogP contribution in [0.2, 0.25) is 5.02 Å². The third-order valence-corrected chi connectivity index (χ3v) is 11.0. The van der Waals surface area contributed by atoms with E-state index in [1.807, 2.05) is 6.92 Å². The van der Waals surface area contributed by atoms with Gasteiger partial charge in [-0.15, -0.1) is 0 Å². The Morgan fingerprint density at radius 2 is 1.86 bits per heavy atom. The van der Waals surface area contributed by atoms with E-state index in [1.54, 1.807) is 51.1 Å². The molecule has 4 aliphatic heterocycles. The van der Waals surface area contributed by atoms with Crippen LogP contribution >= 0.6 is 11.6 Å². The Balaban J connectivity index is 1.67. The van der Waals surface area contributed by atoms with Crippen molar-refractivity contribution in [1.29, 1.82) is 0 Å². The van der Waals surface area contributed by atoms with Gasteiger partial charge in [-0.3, -0.25) is 19.8 Å². The second kappa shape index (κ2) is 17.2. The zero-order chi connectivity index (χ0) is 41.3. The fraction of sp³-hybridized carbons (Fsp3) is 0.622. The quantitative estimate of drug-likeness (QED) is 0.129. The number of ether oxygens (including phenoxy) is 7. The lowest BCUT2D eigenvalue weighted by Gasteiger charge is -2.45. The van der Waals surface area contributed by atoms with Gasteiger partial charge in [0.25, 0.3) is 0 Å². The minimum atomic E-state index is -1.96. The van der Waals surface area contributed by atoms with E-state index in [2.05, 4.69) is 5.32 Å². The number of aliphatic hydroxyl groups is 4. The lowest BCUT2D eigenvalue weighted by Crippen LogP contribution is -2.65. The highest BCUT2D eigenvalue weighted by Crippen LogP contribution is 2.49. The van der Waals surface area contributed by atoms with E-state index >= 15 is 0 Å². The number of nitrogens with zero attached hydrogens (tertiary/aromatic N) is 1. The van der Waals surface area contributed by atoms with E-state index in [9.17, 15) is 39.6 Å². The van der Waals surface area contributed by atoms with Crippen LogP contribution in [0, 0.1) is 5.92 Å². The van der Waals surface area contributed by atoms with Crippen LogP contribution < -0.4 is 20.7 Å². The molecular weight excluding hydrogens is 762 g/mol. The number of hydrogen-bond donors (Lipinski definition) is 6. The number of alkyl carbamates (subject to hydrolysis) is 1. The van der Waals surface area contributed by atoms with Gasteiger partial charge < -0.3 is 59.3 Å².